The first-order chi connectivity index (χ1) is 11.0. The van der Waals surface area contributed by atoms with Gasteiger partial charge in [0.05, 0.1) is 7.11 Å². The molecule has 120 valence electrons. The number of esters is 1. The number of rotatable bonds is 5. The summed E-state index contributed by atoms with van der Waals surface area (Å²) in [6.07, 6.45) is 0.291. The summed E-state index contributed by atoms with van der Waals surface area (Å²) < 4.78 is 18.5. The zero-order chi connectivity index (χ0) is 16.8. The molecule has 0 radical (unpaired) electrons. The highest BCUT2D eigenvalue weighted by molar-refractivity contribution is 9.10. The van der Waals surface area contributed by atoms with Crippen LogP contribution in [0.3, 0.4) is 0 Å². The topological polar surface area (TPSA) is 55.4 Å². The molecule has 0 aromatic heterocycles. The Morgan fingerprint density at radius 2 is 1.91 bits per heavy atom. The van der Waals surface area contributed by atoms with E-state index in [2.05, 4.69) is 21.2 Å². The number of halogens is 2. The van der Waals surface area contributed by atoms with Crippen LogP contribution in [-0.2, 0) is 16.0 Å². The lowest BCUT2D eigenvalue weighted by Gasteiger charge is -2.17. The standard InChI is InChI=1S/C17H15BrFNO3/c1-23-17(22)15(10-11-3-2-4-13(18)9-11)20-16(21)12-5-7-14(19)8-6-12/h2-9,15H,10H2,1H3,(H,20,21)/t15-/m1/s1. The number of hydrogen-bond donors (Lipinski definition) is 1. The summed E-state index contributed by atoms with van der Waals surface area (Å²) in [5, 5.41) is 2.62. The molecule has 0 aliphatic carbocycles. The lowest BCUT2D eigenvalue weighted by Crippen LogP contribution is -2.43. The molecule has 23 heavy (non-hydrogen) atoms. The average Bonchev–Trinajstić information content (AvgIpc) is 2.54. The van der Waals surface area contributed by atoms with Crippen LogP contribution in [0, 0.1) is 5.82 Å². The van der Waals surface area contributed by atoms with Gasteiger partial charge >= 0.3 is 5.97 Å². The van der Waals surface area contributed by atoms with E-state index < -0.39 is 23.7 Å². The summed E-state index contributed by atoms with van der Waals surface area (Å²) in [7, 11) is 1.26. The minimum atomic E-state index is -0.827. The minimum Gasteiger partial charge on any atom is -0.467 e. The van der Waals surface area contributed by atoms with E-state index in [1.807, 2.05) is 24.3 Å². The normalized spacial score (nSPS) is 11.6. The van der Waals surface area contributed by atoms with E-state index in [1.54, 1.807) is 0 Å². The highest BCUT2D eigenvalue weighted by Gasteiger charge is 2.22. The quantitative estimate of drug-likeness (QED) is 0.812. The predicted molar refractivity (Wildman–Crippen MR) is 87.5 cm³/mol. The second-order valence-corrected chi connectivity index (χ2v) is 5.81. The van der Waals surface area contributed by atoms with Gasteiger partial charge in [0.2, 0.25) is 0 Å². The zero-order valence-corrected chi connectivity index (χ0v) is 14.0. The lowest BCUT2D eigenvalue weighted by molar-refractivity contribution is -0.142. The van der Waals surface area contributed by atoms with Crippen LogP contribution < -0.4 is 5.32 Å². The van der Waals surface area contributed by atoms with Gasteiger partial charge in [-0.3, -0.25) is 4.79 Å². The molecule has 1 atom stereocenters. The lowest BCUT2D eigenvalue weighted by atomic mass is 10.1. The smallest absolute Gasteiger partial charge is 0.328 e. The zero-order valence-electron chi connectivity index (χ0n) is 12.4. The number of amides is 1. The molecule has 0 bridgehead atoms. The van der Waals surface area contributed by atoms with Gasteiger partial charge in [-0.15, -0.1) is 0 Å². The molecule has 0 saturated heterocycles. The Hall–Kier alpha value is -2.21. The Bertz CT molecular complexity index is 703. The van der Waals surface area contributed by atoms with Crippen LogP contribution in [0.4, 0.5) is 4.39 Å². The maximum atomic E-state index is 12.9. The van der Waals surface area contributed by atoms with Crippen LogP contribution in [0.2, 0.25) is 0 Å². The van der Waals surface area contributed by atoms with E-state index in [9.17, 15) is 14.0 Å². The minimum absolute atomic E-state index is 0.273. The number of carbonyl (C=O) groups is 2. The molecule has 0 saturated carbocycles. The van der Waals surface area contributed by atoms with Gasteiger partial charge in [0.1, 0.15) is 11.9 Å². The van der Waals surface area contributed by atoms with Crippen molar-refractivity contribution in [1.29, 1.82) is 0 Å². The number of ether oxygens (including phenoxy) is 1. The number of methoxy groups -OCH3 is 1. The SMILES string of the molecule is COC(=O)[C@@H](Cc1cccc(Br)c1)NC(=O)c1ccc(F)cc1. The monoisotopic (exact) mass is 379 g/mol. The van der Waals surface area contributed by atoms with Crippen LogP contribution in [0.5, 0.6) is 0 Å². The van der Waals surface area contributed by atoms with Crippen molar-refractivity contribution in [1.82, 2.24) is 5.32 Å². The third-order valence-electron chi connectivity index (χ3n) is 3.23. The van der Waals surface area contributed by atoms with Crippen LogP contribution in [0.25, 0.3) is 0 Å². The maximum absolute atomic E-state index is 12.9. The average molecular weight is 380 g/mol. The molecule has 0 fully saturated rings. The highest BCUT2D eigenvalue weighted by atomic mass is 79.9. The van der Waals surface area contributed by atoms with Gasteiger partial charge in [-0.25, -0.2) is 9.18 Å². The Morgan fingerprint density at radius 3 is 2.52 bits per heavy atom. The largest absolute Gasteiger partial charge is 0.467 e. The van der Waals surface area contributed by atoms with Crippen LogP contribution in [0.1, 0.15) is 15.9 Å². The molecule has 4 nitrogen and oxygen atoms in total. The second-order valence-electron chi connectivity index (χ2n) is 4.89. The molecule has 2 rings (SSSR count). The van der Waals surface area contributed by atoms with Crippen molar-refractivity contribution in [3.63, 3.8) is 0 Å². The summed E-state index contributed by atoms with van der Waals surface area (Å²) in [6.45, 7) is 0. The van der Waals surface area contributed by atoms with E-state index in [0.29, 0.717) is 6.42 Å². The molecule has 6 heteroatoms. The van der Waals surface area contributed by atoms with Gasteiger partial charge in [0, 0.05) is 16.5 Å². The fourth-order valence-electron chi connectivity index (χ4n) is 2.08. The van der Waals surface area contributed by atoms with Gasteiger partial charge in [-0.2, -0.15) is 0 Å². The van der Waals surface area contributed by atoms with Crippen molar-refractivity contribution in [3.05, 3.63) is 69.9 Å². The molecule has 2 aromatic carbocycles. The van der Waals surface area contributed by atoms with Crippen molar-refractivity contribution in [3.8, 4) is 0 Å². The summed E-state index contributed by atoms with van der Waals surface area (Å²) in [6, 6.07) is 11.7. The summed E-state index contributed by atoms with van der Waals surface area (Å²) in [5.74, 6) is -1.43. The van der Waals surface area contributed by atoms with Gasteiger partial charge in [-0.05, 0) is 42.0 Å². The number of carbonyl (C=O) groups excluding carboxylic acids is 2. The summed E-state index contributed by atoms with van der Waals surface area (Å²) >= 11 is 3.36. The van der Waals surface area contributed by atoms with Crippen molar-refractivity contribution in [2.75, 3.05) is 7.11 Å². The third-order valence-corrected chi connectivity index (χ3v) is 3.72. The molecule has 0 spiro atoms. The first kappa shape index (κ1) is 17.1. The molecule has 0 aliphatic heterocycles. The number of benzene rings is 2. The van der Waals surface area contributed by atoms with Gasteiger partial charge in [0.25, 0.3) is 5.91 Å². The van der Waals surface area contributed by atoms with Crippen molar-refractivity contribution < 1.29 is 18.7 Å². The van der Waals surface area contributed by atoms with Crippen molar-refractivity contribution >= 4 is 27.8 Å². The summed E-state index contributed by atoms with van der Waals surface area (Å²) in [5.41, 5.74) is 1.14. The molecular weight excluding hydrogens is 365 g/mol. The summed E-state index contributed by atoms with van der Waals surface area (Å²) in [4.78, 5) is 24.1. The first-order valence-electron chi connectivity index (χ1n) is 6.88. The fourth-order valence-corrected chi connectivity index (χ4v) is 2.52. The van der Waals surface area contributed by atoms with Crippen LogP contribution in [0.15, 0.2) is 53.0 Å². The van der Waals surface area contributed by atoms with Gasteiger partial charge in [-0.1, -0.05) is 28.1 Å². The molecule has 0 unspecified atom stereocenters. The van der Waals surface area contributed by atoms with Crippen molar-refractivity contribution in [2.24, 2.45) is 0 Å². The predicted octanol–water partition coefficient (Wildman–Crippen LogP) is 3.10. The van der Waals surface area contributed by atoms with E-state index in [1.165, 1.54) is 31.4 Å². The van der Waals surface area contributed by atoms with Gasteiger partial charge < -0.3 is 10.1 Å². The number of nitrogens with one attached hydrogen (secondary N) is 1. The molecular formula is C17H15BrFNO3. The molecule has 0 aliphatic rings. The molecule has 1 N–H and O–H groups in total. The first-order valence-corrected chi connectivity index (χ1v) is 7.67. The van der Waals surface area contributed by atoms with Crippen LogP contribution in [-0.4, -0.2) is 25.0 Å². The van der Waals surface area contributed by atoms with Crippen LogP contribution >= 0.6 is 15.9 Å². The third kappa shape index (κ3) is 4.89. The second kappa shape index (κ2) is 7.87. The van der Waals surface area contributed by atoms with Gasteiger partial charge in [0.15, 0.2) is 0 Å². The van der Waals surface area contributed by atoms with E-state index in [0.717, 1.165) is 10.0 Å². The number of hydrogen-bond acceptors (Lipinski definition) is 3. The fraction of sp³-hybridized carbons (Fsp3) is 0.176. The van der Waals surface area contributed by atoms with E-state index in [-0.39, 0.29) is 5.56 Å². The molecule has 0 heterocycles. The Balaban J connectivity index is 2.13. The molecule has 1 amide bonds. The highest BCUT2D eigenvalue weighted by Crippen LogP contribution is 2.14. The van der Waals surface area contributed by atoms with E-state index >= 15 is 0 Å². The van der Waals surface area contributed by atoms with Crippen molar-refractivity contribution in [2.45, 2.75) is 12.5 Å². The molecule has 2 aromatic rings. The maximum Gasteiger partial charge on any atom is 0.328 e. The Morgan fingerprint density at radius 1 is 1.22 bits per heavy atom. The Kier molecular flexibility index (Phi) is 5.87. The van der Waals surface area contributed by atoms with E-state index in [4.69, 9.17) is 4.74 Å². The Labute approximate surface area is 141 Å².